The molecule has 0 unspecified atom stereocenters. The van der Waals surface area contributed by atoms with Gasteiger partial charge in [0, 0.05) is 20.1 Å². The molecular formula is C16H21FN2O. The van der Waals surface area contributed by atoms with Crippen LogP contribution in [0.2, 0.25) is 0 Å². The first kappa shape index (κ1) is 13.6. The Hall–Kier alpha value is -1.42. The van der Waals surface area contributed by atoms with Crippen molar-refractivity contribution in [2.75, 3.05) is 26.7 Å². The Morgan fingerprint density at radius 3 is 2.25 bits per heavy atom. The number of hydrogen-bond acceptors (Lipinski definition) is 2. The Bertz CT molecular complexity index is 492. The van der Waals surface area contributed by atoms with Crippen LogP contribution >= 0.6 is 0 Å². The number of amides is 1. The normalized spacial score (nSPS) is 22.7. The zero-order chi connectivity index (χ0) is 14.2. The predicted molar refractivity (Wildman–Crippen MR) is 75.6 cm³/mol. The van der Waals surface area contributed by atoms with Gasteiger partial charge in [0.1, 0.15) is 5.82 Å². The standard InChI is InChI=1S/C16H21FN2O/c1-18-9-6-16(15(18)20)7-10-19(11-8-16)12-13-2-4-14(17)5-3-13/h2-5H,6-12H2,1H3. The molecular weight excluding hydrogens is 255 g/mol. The van der Waals surface area contributed by atoms with E-state index in [2.05, 4.69) is 4.90 Å². The maximum atomic E-state index is 12.9. The van der Waals surface area contributed by atoms with E-state index >= 15 is 0 Å². The van der Waals surface area contributed by atoms with E-state index in [1.807, 2.05) is 24.1 Å². The quantitative estimate of drug-likeness (QED) is 0.827. The fourth-order valence-corrected chi connectivity index (χ4v) is 3.45. The smallest absolute Gasteiger partial charge is 0.228 e. The highest BCUT2D eigenvalue weighted by Gasteiger charge is 2.46. The zero-order valence-corrected chi connectivity index (χ0v) is 11.9. The molecule has 0 atom stereocenters. The monoisotopic (exact) mass is 276 g/mol. The zero-order valence-electron chi connectivity index (χ0n) is 11.9. The Balaban J connectivity index is 1.59. The van der Waals surface area contributed by atoms with Crippen molar-refractivity contribution in [3.63, 3.8) is 0 Å². The molecule has 1 amide bonds. The lowest BCUT2D eigenvalue weighted by Gasteiger charge is -2.37. The molecule has 3 nitrogen and oxygen atoms in total. The minimum atomic E-state index is -0.189. The van der Waals surface area contributed by atoms with Crippen molar-refractivity contribution in [3.05, 3.63) is 35.6 Å². The Labute approximate surface area is 119 Å². The molecule has 0 aliphatic carbocycles. The molecule has 0 bridgehead atoms. The SMILES string of the molecule is CN1CCC2(CCN(Cc3ccc(F)cc3)CC2)C1=O. The lowest BCUT2D eigenvalue weighted by molar-refractivity contribution is -0.137. The number of hydrogen-bond donors (Lipinski definition) is 0. The molecule has 0 saturated carbocycles. The largest absolute Gasteiger partial charge is 0.345 e. The first-order valence-corrected chi connectivity index (χ1v) is 7.31. The van der Waals surface area contributed by atoms with Crippen LogP contribution in [-0.2, 0) is 11.3 Å². The van der Waals surface area contributed by atoms with E-state index in [1.165, 1.54) is 12.1 Å². The van der Waals surface area contributed by atoms with Gasteiger partial charge >= 0.3 is 0 Å². The summed E-state index contributed by atoms with van der Waals surface area (Å²) >= 11 is 0. The average Bonchev–Trinajstić information content (AvgIpc) is 2.73. The van der Waals surface area contributed by atoms with Gasteiger partial charge < -0.3 is 4.90 Å². The summed E-state index contributed by atoms with van der Waals surface area (Å²) in [6.07, 6.45) is 2.92. The molecule has 2 aliphatic heterocycles. The first-order valence-electron chi connectivity index (χ1n) is 7.31. The van der Waals surface area contributed by atoms with Crippen LogP contribution in [0, 0.1) is 11.2 Å². The van der Waals surface area contributed by atoms with Crippen LogP contribution in [0.3, 0.4) is 0 Å². The van der Waals surface area contributed by atoms with Crippen molar-refractivity contribution in [3.8, 4) is 0 Å². The Kier molecular flexibility index (Phi) is 3.50. The minimum absolute atomic E-state index is 0.0892. The van der Waals surface area contributed by atoms with Crippen molar-refractivity contribution in [2.45, 2.75) is 25.8 Å². The number of nitrogens with zero attached hydrogens (tertiary/aromatic N) is 2. The second-order valence-corrected chi connectivity index (χ2v) is 6.16. The average molecular weight is 276 g/mol. The fourth-order valence-electron chi connectivity index (χ4n) is 3.45. The summed E-state index contributed by atoms with van der Waals surface area (Å²) in [7, 11) is 1.90. The topological polar surface area (TPSA) is 23.6 Å². The molecule has 3 rings (SSSR count). The molecule has 0 aromatic heterocycles. The predicted octanol–water partition coefficient (Wildman–Crippen LogP) is 2.27. The molecule has 2 aliphatic rings. The molecule has 2 fully saturated rings. The van der Waals surface area contributed by atoms with Gasteiger partial charge in [0.15, 0.2) is 0 Å². The highest BCUT2D eigenvalue weighted by Crippen LogP contribution is 2.41. The maximum Gasteiger partial charge on any atom is 0.228 e. The number of piperidine rings is 1. The van der Waals surface area contributed by atoms with E-state index < -0.39 is 0 Å². The highest BCUT2D eigenvalue weighted by atomic mass is 19.1. The van der Waals surface area contributed by atoms with Gasteiger partial charge in [-0.25, -0.2) is 4.39 Å². The minimum Gasteiger partial charge on any atom is -0.345 e. The summed E-state index contributed by atoms with van der Waals surface area (Å²) in [5.74, 6) is 0.143. The van der Waals surface area contributed by atoms with Gasteiger partial charge in [0.05, 0.1) is 5.41 Å². The van der Waals surface area contributed by atoms with Gasteiger partial charge in [-0.1, -0.05) is 12.1 Å². The van der Waals surface area contributed by atoms with Crippen LogP contribution in [-0.4, -0.2) is 42.4 Å². The molecule has 0 N–H and O–H groups in total. The lowest BCUT2D eigenvalue weighted by atomic mass is 9.77. The van der Waals surface area contributed by atoms with Crippen molar-refractivity contribution in [2.24, 2.45) is 5.41 Å². The van der Waals surface area contributed by atoms with Gasteiger partial charge in [0.25, 0.3) is 0 Å². The first-order chi connectivity index (χ1) is 9.59. The van der Waals surface area contributed by atoms with E-state index in [-0.39, 0.29) is 11.2 Å². The van der Waals surface area contributed by atoms with Gasteiger partial charge in [-0.05, 0) is 50.0 Å². The lowest BCUT2D eigenvalue weighted by Crippen LogP contribution is -2.43. The highest BCUT2D eigenvalue weighted by molar-refractivity contribution is 5.84. The molecule has 108 valence electrons. The molecule has 2 saturated heterocycles. The molecule has 4 heteroatoms. The molecule has 1 aromatic carbocycles. The Morgan fingerprint density at radius 2 is 1.70 bits per heavy atom. The summed E-state index contributed by atoms with van der Waals surface area (Å²) in [5, 5.41) is 0. The van der Waals surface area contributed by atoms with Gasteiger partial charge in [-0.15, -0.1) is 0 Å². The summed E-state index contributed by atoms with van der Waals surface area (Å²) in [6.45, 7) is 3.66. The molecule has 0 radical (unpaired) electrons. The summed E-state index contributed by atoms with van der Waals surface area (Å²) in [4.78, 5) is 16.5. The second-order valence-electron chi connectivity index (χ2n) is 6.16. The summed E-state index contributed by atoms with van der Waals surface area (Å²) in [6, 6.07) is 6.70. The van der Waals surface area contributed by atoms with Crippen LogP contribution in [0.25, 0.3) is 0 Å². The molecule has 1 aromatic rings. The third-order valence-corrected chi connectivity index (χ3v) is 4.86. The Morgan fingerprint density at radius 1 is 1.10 bits per heavy atom. The number of halogens is 1. The molecule has 2 heterocycles. The number of benzene rings is 1. The number of rotatable bonds is 2. The third kappa shape index (κ3) is 2.44. The van der Waals surface area contributed by atoms with Crippen molar-refractivity contribution in [1.29, 1.82) is 0 Å². The van der Waals surface area contributed by atoms with Gasteiger partial charge in [0.2, 0.25) is 5.91 Å². The van der Waals surface area contributed by atoms with Crippen LogP contribution in [0.4, 0.5) is 4.39 Å². The van der Waals surface area contributed by atoms with Crippen LogP contribution in [0.15, 0.2) is 24.3 Å². The van der Waals surface area contributed by atoms with E-state index in [0.717, 1.165) is 51.0 Å². The molecule has 20 heavy (non-hydrogen) atoms. The van der Waals surface area contributed by atoms with Crippen molar-refractivity contribution >= 4 is 5.91 Å². The van der Waals surface area contributed by atoms with E-state index in [1.54, 1.807) is 0 Å². The van der Waals surface area contributed by atoms with Gasteiger partial charge in [-0.2, -0.15) is 0 Å². The maximum absolute atomic E-state index is 12.9. The van der Waals surface area contributed by atoms with E-state index in [4.69, 9.17) is 0 Å². The van der Waals surface area contributed by atoms with Crippen LogP contribution in [0.1, 0.15) is 24.8 Å². The van der Waals surface area contributed by atoms with Crippen molar-refractivity contribution < 1.29 is 9.18 Å². The number of carbonyl (C=O) groups excluding carboxylic acids is 1. The molecule has 1 spiro atoms. The van der Waals surface area contributed by atoms with Crippen molar-refractivity contribution in [1.82, 2.24) is 9.80 Å². The summed E-state index contributed by atoms with van der Waals surface area (Å²) < 4.78 is 12.9. The van der Waals surface area contributed by atoms with Crippen LogP contribution in [0.5, 0.6) is 0 Å². The fraction of sp³-hybridized carbons (Fsp3) is 0.562. The summed E-state index contributed by atoms with van der Waals surface area (Å²) in [5.41, 5.74) is 1.05. The van der Waals surface area contributed by atoms with Crippen LogP contribution < -0.4 is 0 Å². The number of carbonyl (C=O) groups is 1. The third-order valence-electron chi connectivity index (χ3n) is 4.86. The van der Waals surface area contributed by atoms with E-state index in [9.17, 15) is 9.18 Å². The van der Waals surface area contributed by atoms with Gasteiger partial charge in [-0.3, -0.25) is 9.69 Å². The van der Waals surface area contributed by atoms with E-state index in [0.29, 0.717) is 5.91 Å². The second kappa shape index (κ2) is 5.17. The number of likely N-dealkylation sites (tertiary alicyclic amines) is 2.